The van der Waals surface area contributed by atoms with Crippen LogP contribution in [0, 0.1) is 17.5 Å². The summed E-state index contributed by atoms with van der Waals surface area (Å²) >= 11 is 0. The maximum atomic E-state index is 15.9. The number of alkyl halides is 3. The van der Waals surface area contributed by atoms with Crippen LogP contribution in [0.25, 0.3) is 16.8 Å². The lowest BCUT2D eigenvalue weighted by molar-refractivity contribution is -0.137. The smallest absolute Gasteiger partial charge is 0.381 e. The fraction of sp³-hybridized carbons (Fsp3) is 0.263. The van der Waals surface area contributed by atoms with Crippen molar-refractivity contribution in [2.24, 2.45) is 0 Å². The highest BCUT2D eigenvalue weighted by molar-refractivity contribution is 7.90. The van der Waals surface area contributed by atoms with E-state index in [0.29, 0.717) is 42.3 Å². The Bertz CT molecular complexity index is 2430. The van der Waals surface area contributed by atoms with E-state index in [2.05, 4.69) is 10.4 Å². The van der Waals surface area contributed by atoms with Gasteiger partial charge in [-0.1, -0.05) is 43.7 Å². The molecule has 11 nitrogen and oxygen atoms in total. The number of hydrogen-bond acceptors (Lipinski definition) is 7. The lowest BCUT2D eigenvalue weighted by Crippen LogP contribution is -2.31. The average molecular weight is 804 g/mol. The molecule has 0 aliphatic heterocycles. The summed E-state index contributed by atoms with van der Waals surface area (Å²) in [7, 11) is -4.74. The monoisotopic (exact) mass is 803 g/mol. The van der Waals surface area contributed by atoms with Crippen LogP contribution in [0.15, 0.2) is 88.6 Å². The van der Waals surface area contributed by atoms with Crippen molar-refractivity contribution in [3.05, 3.63) is 129 Å². The summed E-state index contributed by atoms with van der Waals surface area (Å²) in [6.45, 7) is 3.55. The molecular formula is C38H35F6N5O6S. The molecule has 0 radical (unpaired) electrons. The molecule has 2 N–H and O–H groups in total. The van der Waals surface area contributed by atoms with E-state index in [4.69, 9.17) is 4.74 Å². The topological polar surface area (TPSA) is 141 Å². The maximum absolute atomic E-state index is 15.9. The number of aromatic nitrogens is 3. The molecule has 2 amide bonds. The Morgan fingerprint density at radius 2 is 1.66 bits per heavy atom. The molecule has 0 saturated carbocycles. The van der Waals surface area contributed by atoms with Crippen molar-refractivity contribution in [2.75, 3.05) is 18.5 Å². The first kappa shape index (κ1) is 41.4. The van der Waals surface area contributed by atoms with Gasteiger partial charge in [0, 0.05) is 29.8 Å². The average Bonchev–Trinajstić information content (AvgIpc) is 3.45. The number of halogens is 6. The number of carbonyl (C=O) groups is 2. The quantitative estimate of drug-likeness (QED) is 0.0857. The van der Waals surface area contributed by atoms with E-state index in [-0.39, 0.29) is 47.7 Å². The molecule has 0 unspecified atom stereocenters. The minimum absolute atomic E-state index is 0.0146. The van der Waals surface area contributed by atoms with Gasteiger partial charge in [-0.15, -0.1) is 5.10 Å². The number of carbonyl (C=O) groups excluding carboxylic acids is 2. The van der Waals surface area contributed by atoms with E-state index in [1.54, 1.807) is 11.6 Å². The molecule has 0 spiro atoms. The number of amides is 2. The van der Waals surface area contributed by atoms with E-state index in [0.717, 1.165) is 34.9 Å². The van der Waals surface area contributed by atoms with Gasteiger partial charge in [0.05, 0.1) is 41.3 Å². The van der Waals surface area contributed by atoms with E-state index in [9.17, 15) is 44.8 Å². The Morgan fingerprint density at radius 1 is 0.911 bits per heavy atom. The van der Waals surface area contributed by atoms with Crippen molar-refractivity contribution >= 4 is 27.5 Å². The first-order valence-corrected chi connectivity index (χ1v) is 18.7. The molecule has 0 fully saturated rings. The second-order valence-electron chi connectivity index (χ2n) is 12.4. The van der Waals surface area contributed by atoms with Crippen LogP contribution in [-0.2, 0) is 38.7 Å². The standard InChI is InChI=1S/C38H35F6N5O6S/c1-3-5-10-34-46-49(32-21-26(14-15-29(32)38(42,43)44)45-35(50)17-18-55-4-2)37(52)48(34)22-24-12-11-23(19-31(24)41)27-8-6-7-9-33(27)56(53,54)47-36(51)28-20-25(39)13-16-30(28)40/h6-9,11-16,19-21H,3-5,10,17-18,22H2,1-2H3,(H,45,50)(H,47,51). The molecule has 4 aromatic carbocycles. The van der Waals surface area contributed by atoms with Gasteiger partial charge < -0.3 is 10.1 Å². The predicted octanol–water partition coefficient (Wildman–Crippen LogP) is 7.01. The normalized spacial score (nSPS) is 11.8. The zero-order valence-electron chi connectivity index (χ0n) is 29.9. The molecule has 0 atom stereocenters. The zero-order chi connectivity index (χ0) is 40.8. The van der Waals surface area contributed by atoms with Crippen LogP contribution in [0.5, 0.6) is 0 Å². The van der Waals surface area contributed by atoms with E-state index >= 15 is 4.39 Å². The number of aryl methyl sites for hydroxylation is 1. The summed E-state index contributed by atoms with van der Waals surface area (Å²) in [6, 6.07) is 13.4. The molecular weight excluding hydrogens is 769 g/mol. The molecule has 5 aromatic rings. The van der Waals surface area contributed by atoms with Crippen LogP contribution in [0.2, 0.25) is 0 Å². The minimum atomic E-state index is -4.93. The Kier molecular flexibility index (Phi) is 12.8. The van der Waals surface area contributed by atoms with Crippen molar-refractivity contribution in [3.63, 3.8) is 0 Å². The fourth-order valence-corrected chi connectivity index (χ4v) is 6.88. The third kappa shape index (κ3) is 9.54. The molecule has 0 aliphatic carbocycles. The number of nitrogens with zero attached hydrogens (tertiary/aromatic N) is 3. The van der Waals surface area contributed by atoms with Crippen LogP contribution < -0.4 is 15.7 Å². The number of unbranched alkanes of at least 4 members (excludes halogenated alkanes) is 1. The van der Waals surface area contributed by atoms with Gasteiger partial charge in [0.15, 0.2) is 0 Å². The Hall–Kier alpha value is -5.75. The largest absolute Gasteiger partial charge is 0.418 e. The number of nitrogens with one attached hydrogen (secondary N) is 2. The molecule has 0 bridgehead atoms. The summed E-state index contributed by atoms with van der Waals surface area (Å²) in [5.41, 5.74) is -3.95. The Balaban J connectivity index is 1.49. The maximum Gasteiger partial charge on any atom is 0.418 e. The van der Waals surface area contributed by atoms with Crippen molar-refractivity contribution in [1.29, 1.82) is 0 Å². The zero-order valence-corrected chi connectivity index (χ0v) is 30.7. The molecule has 1 aromatic heterocycles. The Labute approximate surface area is 317 Å². The molecule has 5 rings (SSSR count). The number of sulfonamides is 1. The third-order valence-corrected chi connectivity index (χ3v) is 9.84. The van der Waals surface area contributed by atoms with Crippen LogP contribution in [0.3, 0.4) is 0 Å². The third-order valence-electron chi connectivity index (χ3n) is 8.45. The van der Waals surface area contributed by atoms with Gasteiger partial charge in [0.25, 0.3) is 15.9 Å². The molecule has 18 heteroatoms. The number of ether oxygens (including phenoxy) is 1. The van der Waals surface area contributed by atoms with Crippen LogP contribution in [0.4, 0.5) is 32.0 Å². The molecule has 296 valence electrons. The minimum Gasteiger partial charge on any atom is -0.381 e. The highest BCUT2D eigenvalue weighted by Crippen LogP contribution is 2.35. The van der Waals surface area contributed by atoms with Crippen LogP contribution in [0.1, 0.15) is 60.4 Å². The number of hydrogen-bond donors (Lipinski definition) is 2. The van der Waals surface area contributed by atoms with E-state index < -0.39 is 79.4 Å². The summed E-state index contributed by atoms with van der Waals surface area (Å²) in [5, 5.41) is 6.72. The van der Waals surface area contributed by atoms with Crippen LogP contribution >= 0.6 is 0 Å². The summed E-state index contributed by atoms with van der Waals surface area (Å²) in [6.07, 6.45) is -3.75. The van der Waals surface area contributed by atoms with E-state index in [1.165, 1.54) is 30.3 Å². The first-order chi connectivity index (χ1) is 26.5. The molecule has 56 heavy (non-hydrogen) atoms. The SMILES string of the molecule is CCCCc1nn(-c2cc(NC(=O)CCOCC)ccc2C(F)(F)F)c(=O)n1Cc1ccc(-c2ccccc2S(=O)(=O)NC(=O)c2cc(F)ccc2F)cc1F. The van der Waals surface area contributed by atoms with Gasteiger partial charge in [0.1, 0.15) is 23.3 Å². The van der Waals surface area contributed by atoms with Crippen LogP contribution in [-0.4, -0.2) is 47.8 Å². The summed E-state index contributed by atoms with van der Waals surface area (Å²) < 4.78 is 121. The second kappa shape index (κ2) is 17.4. The highest BCUT2D eigenvalue weighted by atomic mass is 32.2. The van der Waals surface area contributed by atoms with E-state index in [1.807, 2.05) is 6.92 Å². The lowest BCUT2D eigenvalue weighted by atomic mass is 10.0. The van der Waals surface area contributed by atoms with Crippen molar-refractivity contribution in [1.82, 2.24) is 19.1 Å². The van der Waals surface area contributed by atoms with Gasteiger partial charge in [-0.3, -0.25) is 14.2 Å². The number of anilines is 1. The van der Waals surface area contributed by atoms with Gasteiger partial charge in [-0.2, -0.15) is 17.9 Å². The van der Waals surface area contributed by atoms with Gasteiger partial charge in [-0.25, -0.2) is 31.1 Å². The van der Waals surface area contributed by atoms with Crippen molar-refractivity contribution in [2.45, 2.75) is 57.1 Å². The van der Waals surface area contributed by atoms with Gasteiger partial charge in [0.2, 0.25) is 5.91 Å². The number of rotatable bonds is 15. The molecule has 1 heterocycles. The van der Waals surface area contributed by atoms with Gasteiger partial charge >= 0.3 is 11.9 Å². The lowest BCUT2D eigenvalue weighted by Gasteiger charge is -2.14. The predicted molar refractivity (Wildman–Crippen MR) is 193 cm³/mol. The molecule has 0 aliphatic rings. The van der Waals surface area contributed by atoms with Gasteiger partial charge in [-0.05, 0) is 67.4 Å². The summed E-state index contributed by atoms with van der Waals surface area (Å²) in [5.74, 6) is -4.99. The number of benzene rings is 4. The molecule has 0 saturated heterocycles. The highest BCUT2D eigenvalue weighted by Gasteiger charge is 2.35. The van der Waals surface area contributed by atoms with Crippen molar-refractivity contribution in [3.8, 4) is 16.8 Å². The fourth-order valence-electron chi connectivity index (χ4n) is 5.69. The van der Waals surface area contributed by atoms with Crippen molar-refractivity contribution < 1.29 is 49.1 Å². The first-order valence-electron chi connectivity index (χ1n) is 17.2. The second-order valence-corrected chi connectivity index (χ2v) is 14.0. The Morgan fingerprint density at radius 3 is 2.36 bits per heavy atom. The summed E-state index contributed by atoms with van der Waals surface area (Å²) in [4.78, 5) is 38.4.